The Labute approximate surface area is 94.2 Å². The van der Waals surface area contributed by atoms with Crippen LogP contribution < -0.4 is 9.26 Å². The van der Waals surface area contributed by atoms with Crippen molar-refractivity contribution in [1.82, 2.24) is 4.98 Å². The number of aromatic nitrogens is 1. The molecule has 0 N–H and O–H groups in total. The van der Waals surface area contributed by atoms with E-state index in [1.807, 2.05) is 12.3 Å². The number of carbonyl (C=O) groups excluding carboxylic acids is 1. The Kier molecular flexibility index (Phi) is 5.55. The van der Waals surface area contributed by atoms with Crippen molar-refractivity contribution in [3.63, 3.8) is 0 Å². The van der Waals surface area contributed by atoms with Crippen molar-refractivity contribution in [2.24, 2.45) is 5.41 Å². The summed E-state index contributed by atoms with van der Waals surface area (Å²) in [7, 11) is 0. The number of aliphatic carboxylic acids is 1. The van der Waals surface area contributed by atoms with Crippen molar-refractivity contribution >= 4 is 10.1 Å². The van der Waals surface area contributed by atoms with Crippen LogP contribution in [0, 0.1) is 5.41 Å². The van der Waals surface area contributed by atoms with Gasteiger partial charge in [-0.15, -0.1) is 0 Å². The summed E-state index contributed by atoms with van der Waals surface area (Å²) in [6.07, 6.45) is 3.68. The van der Waals surface area contributed by atoms with Crippen LogP contribution in [0.25, 0.3) is 0 Å². The first-order chi connectivity index (χ1) is 6.34. The average Bonchev–Trinajstić information content (AvgIpc) is 2.04. The van der Waals surface area contributed by atoms with E-state index in [1.165, 1.54) is 22.5 Å². The molecule has 0 saturated heterocycles. The van der Waals surface area contributed by atoms with E-state index in [0.29, 0.717) is 0 Å². The fourth-order valence-electron chi connectivity index (χ4n) is 0.398. The van der Waals surface area contributed by atoms with Crippen LogP contribution in [0.2, 0.25) is 0 Å². The molecule has 4 heteroatoms. The number of rotatable bonds is 0. The van der Waals surface area contributed by atoms with Gasteiger partial charge >= 0.3 is 52.0 Å². The number of pyridine rings is 1. The maximum atomic E-state index is 9.91. The van der Waals surface area contributed by atoms with E-state index in [9.17, 15) is 9.90 Å². The summed E-state index contributed by atoms with van der Waals surface area (Å²) in [5.74, 6) is -1.01. The van der Waals surface area contributed by atoms with Crippen molar-refractivity contribution in [3.05, 3.63) is 24.5 Å². The zero-order valence-corrected chi connectivity index (χ0v) is 11.7. The quantitative estimate of drug-likeness (QED) is 0.606. The first-order valence-corrected chi connectivity index (χ1v) is 5.76. The van der Waals surface area contributed by atoms with Gasteiger partial charge < -0.3 is 9.90 Å². The van der Waals surface area contributed by atoms with Crippen molar-refractivity contribution in [2.75, 3.05) is 0 Å². The molecule has 0 spiro atoms. The molecule has 14 heavy (non-hydrogen) atoms. The Balaban J connectivity index is 0.000000241. The average molecular weight is 245 g/mol. The van der Waals surface area contributed by atoms with Crippen LogP contribution in [-0.2, 0) is 23.1 Å². The number of carboxylic acid groups (broad SMARTS) is 1. The number of hydrogen-bond acceptors (Lipinski definition) is 3. The van der Waals surface area contributed by atoms with Gasteiger partial charge in [0.25, 0.3) is 0 Å². The van der Waals surface area contributed by atoms with Gasteiger partial charge in [-0.1, -0.05) is 20.8 Å². The van der Waals surface area contributed by atoms with Gasteiger partial charge in [-0.3, -0.25) is 0 Å². The predicted molar refractivity (Wildman–Crippen MR) is 48.3 cm³/mol. The number of carboxylic acids is 1. The van der Waals surface area contributed by atoms with E-state index in [-0.39, 0.29) is 0 Å². The molecule has 0 unspecified atom stereocenters. The Bertz CT molecular complexity index is 280. The molecule has 0 atom stereocenters. The van der Waals surface area contributed by atoms with Crippen molar-refractivity contribution in [1.29, 1.82) is 0 Å². The van der Waals surface area contributed by atoms with Crippen LogP contribution in [0.1, 0.15) is 20.8 Å². The molecular formula is C10H13NO2Zn. The summed E-state index contributed by atoms with van der Waals surface area (Å²) in [6, 6.07) is 4.03. The monoisotopic (exact) mass is 243 g/mol. The molecule has 0 aromatic carbocycles. The third-order valence-corrected chi connectivity index (χ3v) is 2.21. The molecule has 0 amide bonds. The predicted octanol–water partition coefficient (Wildman–Crippen LogP) is 0.0361. The fourth-order valence-corrected chi connectivity index (χ4v) is 0.905. The molecule has 0 radical (unpaired) electrons. The third-order valence-electron chi connectivity index (χ3n) is 1.34. The van der Waals surface area contributed by atoms with E-state index < -0.39 is 11.4 Å². The molecule has 1 aromatic heterocycles. The van der Waals surface area contributed by atoms with Gasteiger partial charge in [0.05, 0.1) is 0 Å². The minimum absolute atomic E-state index is 0.694. The van der Waals surface area contributed by atoms with Crippen LogP contribution in [0.15, 0.2) is 24.5 Å². The summed E-state index contributed by atoms with van der Waals surface area (Å²) in [5.41, 5.74) is -0.694. The van der Waals surface area contributed by atoms with E-state index in [1.54, 1.807) is 27.0 Å². The molecule has 3 nitrogen and oxygen atoms in total. The molecule has 0 fully saturated rings. The van der Waals surface area contributed by atoms with E-state index >= 15 is 0 Å². The second-order valence-electron chi connectivity index (χ2n) is 3.90. The van der Waals surface area contributed by atoms with Gasteiger partial charge in [-0.25, -0.2) is 0 Å². The molecule has 0 aliphatic rings. The van der Waals surface area contributed by atoms with E-state index in [4.69, 9.17) is 0 Å². The Hall–Kier alpha value is -0.757. The van der Waals surface area contributed by atoms with Gasteiger partial charge in [0.15, 0.2) is 0 Å². The first-order valence-electron chi connectivity index (χ1n) is 4.27. The molecular weight excluding hydrogens is 232 g/mol. The third kappa shape index (κ3) is 6.73. The van der Waals surface area contributed by atoms with Gasteiger partial charge in [-0.2, -0.15) is 0 Å². The van der Waals surface area contributed by atoms with Crippen LogP contribution >= 0.6 is 0 Å². The topological polar surface area (TPSA) is 53.0 Å². The Morgan fingerprint density at radius 3 is 2.14 bits per heavy atom. The zero-order valence-electron chi connectivity index (χ0n) is 8.78. The first kappa shape index (κ1) is 13.2. The van der Waals surface area contributed by atoms with Gasteiger partial charge in [0.1, 0.15) is 0 Å². The molecule has 1 heterocycles. The van der Waals surface area contributed by atoms with E-state index in [0.717, 1.165) is 0 Å². The number of hydrogen-bond donors (Lipinski definition) is 0. The summed E-state index contributed by atoms with van der Waals surface area (Å²) >= 11 is 1.20. The Morgan fingerprint density at radius 2 is 2.00 bits per heavy atom. The molecule has 1 aromatic rings. The summed E-state index contributed by atoms with van der Waals surface area (Å²) in [4.78, 5) is 13.8. The van der Waals surface area contributed by atoms with Crippen LogP contribution in [0.5, 0.6) is 0 Å². The van der Waals surface area contributed by atoms with Crippen LogP contribution in [-0.4, -0.2) is 11.0 Å². The molecule has 0 bridgehead atoms. The second kappa shape index (κ2) is 5.87. The SMILES string of the molecule is CC(C)(C)C(=O)[O-].[Zn+][c]1cccnc1. The molecule has 0 saturated carbocycles. The van der Waals surface area contributed by atoms with Gasteiger partial charge in [0, 0.05) is 11.4 Å². The van der Waals surface area contributed by atoms with Gasteiger partial charge in [0.2, 0.25) is 0 Å². The van der Waals surface area contributed by atoms with Gasteiger partial charge in [-0.05, 0) is 0 Å². The van der Waals surface area contributed by atoms with Crippen LogP contribution in [0.3, 0.4) is 0 Å². The summed E-state index contributed by atoms with van der Waals surface area (Å²) in [5, 5.41) is 9.91. The standard InChI is InChI=1S/C5H4N.C5H10O2.Zn/c1-2-4-6-5-3-1;1-5(2,3)4(6)7;/h1-2,4-5H;1-3H3,(H,6,7);/q;;+1/p-1. The van der Waals surface area contributed by atoms with Crippen molar-refractivity contribution in [3.8, 4) is 0 Å². The second-order valence-corrected chi connectivity index (χ2v) is 5.61. The summed E-state index contributed by atoms with van der Waals surface area (Å²) < 4.78 is 1.34. The molecule has 0 aliphatic carbocycles. The maximum absolute atomic E-state index is 9.91. The zero-order chi connectivity index (χ0) is 11.2. The number of carbonyl (C=O) groups is 1. The van der Waals surface area contributed by atoms with Crippen LogP contribution in [0.4, 0.5) is 0 Å². The fraction of sp³-hybridized carbons (Fsp3) is 0.400. The minimum atomic E-state index is -1.01. The molecule has 72 valence electrons. The normalized spacial score (nSPS) is 10.1. The molecule has 1 rings (SSSR count). The Morgan fingerprint density at radius 1 is 1.50 bits per heavy atom. The summed E-state index contributed by atoms with van der Waals surface area (Å²) in [6.45, 7) is 4.80. The van der Waals surface area contributed by atoms with Crippen molar-refractivity contribution < 1.29 is 28.2 Å². The van der Waals surface area contributed by atoms with Crippen molar-refractivity contribution in [2.45, 2.75) is 20.8 Å². The molecule has 0 aliphatic heterocycles. The number of nitrogens with zero attached hydrogens (tertiary/aromatic N) is 1. The van der Waals surface area contributed by atoms with E-state index in [2.05, 4.69) is 11.1 Å².